The molecule has 1 aliphatic heterocycles. The monoisotopic (exact) mass is 618 g/mol. The van der Waals surface area contributed by atoms with E-state index in [9.17, 15) is 13.5 Å². The summed E-state index contributed by atoms with van der Waals surface area (Å²) in [7, 11) is -3.77. The van der Waals surface area contributed by atoms with E-state index in [1.807, 2.05) is 29.2 Å². The van der Waals surface area contributed by atoms with Crippen LogP contribution in [0.5, 0.6) is 0 Å². The van der Waals surface area contributed by atoms with Gasteiger partial charge in [0.1, 0.15) is 0 Å². The Kier molecular flexibility index (Phi) is 11.0. The van der Waals surface area contributed by atoms with E-state index in [4.69, 9.17) is 4.52 Å². The number of anilines is 3. The van der Waals surface area contributed by atoms with Gasteiger partial charge in [0.05, 0.1) is 11.0 Å². The van der Waals surface area contributed by atoms with Crippen LogP contribution in [0.1, 0.15) is 74.1 Å². The molecule has 0 amide bonds. The lowest BCUT2D eigenvalue weighted by Gasteiger charge is -2.14. The molecule has 4 aromatic rings. The number of fused-ring (bicyclic) bond motifs is 1. The fourth-order valence-corrected chi connectivity index (χ4v) is 6.49. The molecule has 234 valence electrons. The van der Waals surface area contributed by atoms with Gasteiger partial charge in [-0.2, -0.15) is 4.98 Å². The third-order valence-corrected chi connectivity index (χ3v) is 9.28. The van der Waals surface area contributed by atoms with Gasteiger partial charge in [-0.15, -0.1) is 0 Å². The van der Waals surface area contributed by atoms with Gasteiger partial charge < -0.3 is 14.9 Å². The zero-order chi connectivity index (χ0) is 30.8. The van der Waals surface area contributed by atoms with Crippen LogP contribution in [-0.4, -0.2) is 48.3 Å². The van der Waals surface area contributed by atoms with Gasteiger partial charge in [-0.05, 0) is 73.3 Å². The summed E-state index contributed by atoms with van der Waals surface area (Å²) in [6, 6.07) is 16.6. The van der Waals surface area contributed by atoms with E-state index in [0.29, 0.717) is 43.6 Å². The molecule has 5 rings (SSSR count). The fourth-order valence-electron chi connectivity index (χ4n) is 5.38. The number of aliphatic hydroxyl groups excluding tert-OH is 1. The molecule has 0 aliphatic carbocycles. The normalized spacial score (nSPS) is 13.6. The molecule has 2 aromatic heterocycles. The first-order valence-corrected chi connectivity index (χ1v) is 17.0. The van der Waals surface area contributed by atoms with Crippen LogP contribution in [0.3, 0.4) is 0 Å². The second-order valence-corrected chi connectivity index (χ2v) is 12.9. The smallest absolute Gasteiger partial charge is 0.328 e. The number of aliphatic hydroxyl groups is 1. The van der Waals surface area contributed by atoms with Crippen LogP contribution >= 0.6 is 0 Å². The zero-order valence-electron chi connectivity index (χ0n) is 25.3. The molecule has 3 heterocycles. The lowest BCUT2D eigenvalue weighted by Crippen LogP contribution is -2.23. The Bertz CT molecular complexity index is 1580. The summed E-state index contributed by atoms with van der Waals surface area (Å²) in [5.41, 5.74) is 4.16. The highest BCUT2D eigenvalue weighted by Gasteiger charge is 2.27. The first-order valence-electron chi connectivity index (χ1n) is 15.6. The van der Waals surface area contributed by atoms with E-state index < -0.39 is 16.1 Å². The average molecular weight is 619 g/mol. The molecule has 0 saturated carbocycles. The molecule has 0 bridgehead atoms. The number of pyridine rings is 1. The van der Waals surface area contributed by atoms with Crippen LogP contribution in [-0.2, 0) is 29.3 Å². The Morgan fingerprint density at radius 3 is 2.64 bits per heavy atom. The van der Waals surface area contributed by atoms with Crippen LogP contribution < -0.4 is 14.9 Å². The van der Waals surface area contributed by atoms with E-state index in [-0.39, 0.29) is 4.90 Å². The minimum Gasteiger partial charge on any atom is -0.387 e. The van der Waals surface area contributed by atoms with Crippen LogP contribution in [0.25, 0.3) is 0 Å². The van der Waals surface area contributed by atoms with Gasteiger partial charge in [0.25, 0.3) is 10.0 Å². The Hall–Kier alpha value is -3.80. The second kappa shape index (κ2) is 15.3. The van der Waals surface area contributed by atoms with Crippen LogP contribution in [0.2, 0.25) is 0 Å². The van der Waals surface area contributed by atoms with Gasteiger partial charge in [-0.3, -0.25) is 14.6 Å². The minimum atomic E-state index is -3.77. The van der Waals surface area contributed by atoms with E-state index in [0.717, 1.165) is 41.6 Å². The van der Waals surface area contributed by atoms with E-state index >= 15 is 0 Å². The number of sulfonamides is 1. The number of aryl methyl sites for hydroxylation is 1. The van der Waals surface area contributed by atoms with E-state index in [1.54, 1.807) is 42.7 Å². The number of nitrogens with one attached hydrogen (secondary N) is 2. The highest BCUT2D eigenvalue weighted by atomic mass is 32.2. The number of rotatable bonds is 17. The summed E-state index contributed by atoms with van der Waals surface area (Å²) < 4.78 is 34.7. The Morgan fingerprint density at radius 2 is 1.84 bits per heavy atom. The molecule has 0 spiro atoms. The highest BCUT2D eigenvalue weighted by Crippen LogP contribution is 2.35. The standard InChI is InChI=1S/C33H42N6O4S/c1-2-3-4-5-6-7-10-32-36-33(43-37-32)39-21-18-26-22-29(15-16-30(26)39)44(41,42)38-28-13-11-25(12-14-28)17-20-35-24-31(40)27-9-8-19-34-23-27/h8-9,11-16,19,22-23,31,35,38,40H,2-7,10,17-18,20-21,24H2,1H3. The Labute approximate surface area is 260 Å². The molecule has 0 fully saturated rings. The molecule has 2 aromatic carbocycles. The lowest BCUT2D eigenvalue weighted by atomic mass is 10.1. The number of aromatic nitrogens is 3. The van der Waals surface area contributed by atoms with Gasteiger partial charge in [0, 0.05) is 48.8 Å². The van der Waals surface area contributed by atoms with Crippen LogP contribution in [0.15, 0.2) is 76.4 Å². The van der Waals surface area contributed by atoms with Crippen molar-refractivity contribution in [1.82, 2.24) is 20.4 Å². The van der Waals surface area contributed by atoms with Crippen molar-refractivity contribution in [3.05, 3.63) is 89.5 Å². The maximum atomic E-state index is 13.2. The van der Waals surface area contributed by atoms with Crippen molar-refractivity contribution in [2.75, 3.05) is 29.3 Å². The van der Waals surface area contributed by atoms with Gasteiger partial charge in [0.15, 0.2) is 5.82 Å². The van der Waals surface area contributed by atoms with Crippen molar-refractivity contribution in [2.24, 2.45) is 0 Å². The lowest BCUT2D eigenvalue weighted by molar-refractivity contribution is 0.174. The number of unbranched alkanes of at least 4 members (excludes halogenated alkanes) is 5. The molecular formula is C33H42N6O4S. The molecule has 3 N–H and O–H groups in total. The highest BCUT2D eigenvalue weighted by molar-refractivity contribution is 7.92. The predicted octanol–water partition coefficient (Wildman–Crippen LogP) is 5.73. The van der Waals surface area contributed by atoms with Gasteiger partial charge in [-0.1, -0.05) is 62.4 Å². The topological polar surface area (TPSA) is 133 Å². The largest absolute Gasteiger partial charge is 0.387 e. The Morgan fingerprint density at radius 1 is 1.02 bits per heavy atom. The van der Waals surface area contributed by atoms with Crippen molar-refractivity contribution in [1.29, 1.82) is 0 Å². The van der Waals surface area contributed by atoms with Gasteiger partial charge in [0.2, 0.25) is 0 Å². The third kappa shape index (κ3) is 8.43. The van der Waals surface area contributed by atoms with E-state index in [2.05, 4.69) is 32.1 Å². The zero-order valence-corrected chi connectivity index (χ0v) is 26.1. The minimum absolute atomic E-state index is 0.216. The molecule has 10 nitrogen and oxygen atoms in total. The molecule has 0 radical (unpaired) electrons. The number of nitrogens with zero attached hydrogens (tertiary/aromatic N) is 4. The first-order chi connectivity index (χ1) is 21.4. The number of hydrogen-bond acceptors (Lipinski definition) is 9. The predicted molar refractivity (Wildman–Crippen MR) is 172 cm³/mol. The number of hydrogen-bond donors (Lipinski definition) is 3. The van der Waals surface area contributed by atoms with Gasteiger partial charge in [-0.25, -0.2) is 8.42 Å². The van der Waals surface area contributed by atoms with Crippen molar-refractivity contribution >= 4 is 27.4 Å². The molecule has 1 unspecified atom stereocenters. The molecule has 1 aliphatic rings. The molecular weight excluding hydrogens is 576 g/mol. The second-order valence-electron chi connectivity index (χ2n) is 11.3. The van der Waals surface area contributed by atoms with Crippen molar-refractivity contribution < 1.29 is 18.0 Å². The maximum absolute atomic E-state index is 13.2. The first kappa shape index (κ1) is 31.6. The quantitative estimate of drug-likeness (QED) is 0.127. The Balaban J connectivity index is 1.11. The summed E-state index contributed by atoms with van der Waals surface area (Å²) in [6.45, 7) is 3.98. The van der Waals surface area contributed by atoms with Crippen LogP contribution in [0.4, 0.5) is 17.4 Å². The molecule has 11 heteroatoms. The number of benzene rings is 2. The van der Waals surface area contributed by atoms with E-state index in [1.165, 1.54) is 32.1 Å². The van der Waals surface area contributed by atoms with Crippen molar-refractivity contribution in [3.8, 4) is 0 Å². The van der Waals surface area contributed by atoms with Crippen molar-refractivity contribution in [2.45, 2.75) is 75.7 Å². The van der Waals surface area contributed by atoms with Crippen LogP contribution in [0, 0.1) is 0 Å². The SMILES string of the molecule is CCCCCCCCc1noc(N2CCc3cc(S(=O)(=O)Nc4ccc(CCNCC(O)c5cccnc5)cc4)ccc32)n1. The fraction of sp³-hybridized carbons (Fsp3) is 0.424. The summed E-state index contributed by atoms with van der Waals surface area (Å²) in [4.78, 5) is 10.8. The van der Waals surface area contributed by atoms with Gasteiger partial charge >= 0.3 is 6.01 Å². The average Bonchev–Trinajstić information content (AvgIpc) is 3.69. The third-order valence-electron chi connectivity index (χ3n) is 7.90. The maximum Gasteiger partial charge on any atom is 0.328 e. The molecule has 1 atom stereocenters. The van der Waals surface area contributed by atoms with Crippen molar-refractivity contribution in [3.63, 3.8) is 0 Å². The molecule has 44 heavy (non-hydrogen) atoms. The summed E-state index contributed by atoms with van der Waals surface area (Å²) in [5, 5.41) is 17.7. The summed E-state index contributed by atoms with van der Waals surface area (Å²) in [5.74, 6) is 0.717. The molecule has 0 saturated heterocycles. The summed E-state index contributed by atoms with van der Waals surface area (Å²) >= 11 is 0. The summed E-state index contributed by atoms with van der Waals surface area (Å²) in [6.07, 6.45) is 12.2.